The van der Waals surface area contributed by atoms with Crippen LogP contribution in [-0.4, -0.2) is 50.2 Å². The second-order valence-corrected chi connectivity index (χ2v) is 9.22. The van der Waals surface area contributed by atoms with Gasteiger partial charge in [-0.1, -0.05) is 24.1 Å². The van der Waals surface area contributed by atoms with Gasteiger partial charge in [0.2, 0.25) is 10.0 Å². The molecule has 28 heavy (non-hydrogen) atoms. The highest BCUT2D eigenvalue weighted by Crippen LogP contribution is 2.31. The lowest BCUT2D eigenvalue weighted by atomic mass is 10.0. The second kappa shape index (κ2) is 9.52. The third kappa shape index (κ3) is 5.11. The number of aryl methyl sites for hydroxylation is 3. The van der Waals surface area contributed by atoms with Crippen LogP contribution in [0.2, 0.25) is 0 Å². The lowest BCUT2D eigenvalue weighted by Crippen LogP contribution is -2.46. The number of nitrogens with zero attached hydrogens (tertiary/aromatic N) is 1. The normalized spacial score (nSPS) is 17.9. The maximum Gasteiger partial charge on any atom is 0.309 e. The van der Waals surface area contributed by atoms with E-state index in [2.05, 4.69) is 10.6 Å². The van der Waals surface area contributed by atoms with E-state index in [1.165, 1.54) is 0 Å². The first-order chi connectivity index (χ1) is 13.2. The molecule has 0 bridgehead atoms. The van der Waals surface area contributed by atoms with Crippen molar-refractivity contribution in [2.24, 2.45) is 0 Å². The van der Waals surface area contributed by atoms with Crippen molar-refractivity contribution in [1.82, 2.24) is 14.9 Å². The molecule has 7 nitrogen and oxygen atoms in total. The highest BCUT2D eigenvalue weighted by atomic mass is 32.2. The SMILES string of the molecule is CCNC(=O)C(=O)NCC[C@H]1CCCCN1S(=O)(=O)c1c(C)cc(C)cc1C. The first-order valence-corrected chi connectivity index (χ1v) is 11.3. The van der Waals surface area contributed by atoms with Crippen LogP contribution in [0.5, 0.6) is 0 Å². The van der Waals surface area contributed by atoms with Crippen LogP contribution in [0, 0.1) is 20.8 Å². The number of sulfonamides is 1. The van der Waals surface area contributed by atoms with E-state index in [0.29, 0.717) is 24.4 Å². The van der Waals surface area contributed by atoms with Gasteiger partial charge in [0.1, 0.15) is 0 Å². The number of likely N-dealkylation sites (N-methyl/N-ethyl adjacent to an activating group) is 1. The molecule has 0 radical (unpaired) electrons. The number of amides is 2. The van der Waals surface area contributed by atoms with Gasteiger partial charge in [-0.15, -0.1) is 0 Å². The van der Waals surface area contributed by atoms with Crippen molar-refractivity contribution >= 4 is 21.8 Å². The fourth-order valence-corrected chi connectivity index (χ4v) is 6.08. The van der Waals surface area contributed by atoms with Gasteiger partial charge in [0.15, 0.2) is 0 Å². The van der Waals surface area contributed by atoms with Gasteiger partial charge < -0.3 is 10.6 Å². The molecule has 0 unspecified atom stereocenters. The molecule has 1 aliphatic rings. The first kappa shape index (κ1) is 22.4. The van der Waals surface area contributed by atoms with Crippen LogP contribution in [0.4, 0.5) is 0 Å². The number of benzene rings is 1. The molecule has 1 heterocycles. The number of hydrogen-bond donors (Lipinski definition) is 2. The van der Waals surface area contributed by atoms with E-state index in [1.807, 2.05) is 32.9 Å². The van der Waals surface area contributed by atoms with Gasteiger partial charge in [0.05, 0.1) is 4.90 Å². The van der Waals surface area contributed by atoms with Gasteiger partial charge >= 0.3 is 11.8 Å². The summed E-state index contributed by atoms with van der Waals surface area (Å²) in [7, 11) is -3.62. The van der Waals surface area contributed by atoms with E-state index in [-0.39, 0.29) is 12.6 Å². The van der Waals surface area contributed by atoms with Gasteiger partial charge in [-0.05, 0) is 58.1 Å². The summed E-state index contributed by atoms with van der Waals surface area (Å²) in [6, 6.07) is 3.60. The van der Waals surface area contributed by atoms with Crippen LogP contribution in [-0.2, 0) is 19.6 Å². The molecular formula is C20H31N3O4S. The van der Waals surface area contributed by atoms with Gasteiger partial charge in [0.25, 0.3) is 0 Å². The summed E-state index contributed by atoms with van der Waals surface area (Å²) in [5.74, 6) is -1.35. The average molecular weight is 410 g/mol. The van der Waals surface area contributed by atoms with Crippen molar-refractivity contribution < 1.29 is 18.0 Å². The number of carbonyl (C=O) groups excluding carboxylic acids is 2. The maximum atomic E-state index is 13.4. The number of hydrogen-bond acceptors (Lipinski definition) is 4. The molecule has 1 fully saturated rings. The molecule has 0 spiro atoms. The zero-order valence-electron chi connectivity index (χ0n) is 17.2. The molecular weight excluding hydrogens is 378 g/mol. The Labute approximate surface area is 167 Å². The van der Waals surface area contributed by atoms with E-state index in [4.69, 9.17) is 0 Å². The fraction of sp³-hybridized carbons (Fsp3) is 0.600. The van der Waals surface area contributed by atoms with Gasteiger partial charge in [-0.3, -0.25) is 9.59 Å². The van der Waals surface area contributed by atoms with Crippen molar-refractivity contribution in [3.8, 4) is 0 Å². The van der Waals surface area contributed by atoms with Crippen LogP contribution in [0.15, 0.2) is 17.0 Å². The molecule has 1 aliphatic heterocycles. The number of nitrogens with one attached hydrogen (secondary N) is 2. The van der Waals surface area contributed by atoms with Crippen LogP contribution in [0.25, 0.3) is 0 Å². The smallest absolute Gasteiger partial charge is 0.309 e. The molecule has 1 aromatic rings. The average Bonchev–Trinajstić information content (AvgIpc) is 2.61. The van der Waals surface area contributed by atoms with Crippen LogP contribution in [0.1, 0.15) is 49.3 Å². The van der Waals surface area contributed by atoms with E-state index in [1.54, 1.807) is 11.2 Å². The topological polar surface area (TPSA) is 95.6 Å². The van der Waals surface area contributed by atoms with Crippen molar-refractivity contribution in [3.05, 3.63) is 28.8 Å². The lowest BCUT2D eigenvalue weighted by molar-refractivity contribution is -0.139. The van der Waals surface area contributed by atoms with Crippen LogP contribution >= 0.6 is 0 Å². The zero-order chi connectivity index (χ0) is 20.9. The Morgan fingerprint density at radius 3 is 2.29 bits per heavy atom. The molecule has 2 rings (SSSR count). The molecule has 1 saturated heterocycles. The number of rotatable bonds is 6. The molecule has 2 N–H and O–H groups in total. The summed E-state index contributed by atoms with van der Waals surface area (Å²) >= 11 is 0. The number of piperidine rings is 1. The van der Waals surface area contributed by atoms with Crippen molar-refractivity contribution in [2.45, 2.75) is 64.3 Å². The van der Waals surface area contributed by atoms with E-state index in [0.717, 1.165) is 36.0 Å². The highest BCUT2D eigenvalue weighted by Gasteiger charge is 2.35. The minimum atomic E-state index is -3.62. The summed E-state index contributed by atoms with van der Waals surface area (Å²) in [5.41, 5.74) is 2.55. The fourth-order valence-electron chi connectivity index (χ4n) is 3.94. The number of carbonyl (C=O) groups is 2. The maximum absolute atomic E-state index is 13.4. The van der Waals surface area contributed by atoms with Crippen LogP contribution < -0.4 is 10.6 Å². The van der Waals surface area contributed by atoms with Gasteiger partial charge in [-0.25, -0.2) is 8.42 Å². The standard InChI is InChI=1S/C20H31N3O4S/c1-5-21-19(24)20(25)22-10-9-17-8-6-7-11-23(17)28(26,27)18-15(3)12-14(2)13-16(18)4/h12-13,17H,5-11H2,1-4H3,(H,21,24)(H,22,25)/t17-/m1/s1. The Morgan fingerprint density at radius 2 is 1.68 bits per heavy atom. The minimum absolute atomic E-state index is 0.187. The predicted octanol–water partition coefficient (Wildman–Crippen LogP) is 1.80. The highest BCUT2D eigenvalue weighted by molar-refractivity contribution is 7.89. The van der Waals surface area contributed by atoms with Gasteiger partial charge in [0, 0.05) is 25.7 Å². The molecule has 156 valence electrons. The monoisotopic (exact) mass is 409 g/mol. The molecule has 0 aromatic heterocycles. The van der Waals surface area contributed by atoms with E-state index >= 15 is 0 Å². The summed E-state index contributed by atoms with van der Waals surface area (Å²) in [6.07, 6.45) is 3.01. The summed E-state index contributed by atoms with van der Waals surface area (Å²) in [4.78, 5) is 23.6. The molecule has 8 heteroatoms. The van der Waals surface area contributed by atoms with Crippen molar-refractivity contribution in [1.29, 1.82) is 0 Å². The third-order valence-corrected chi connectivity index (χ3v) is 7.31. The quantitative estimate of drug-likeness (QED) is 0.701. The molecule has 2 amide bonds. The van der Waals surface area contributed by atoms with Gasteiger partial charge in [-0.2, -0.15) is 4.31 Å². The molecule has 1 aromatic carbocycles. The molecule has 0 saturated carbocycles. The van der Waals surface area contributed by atoms with E-state index in [9.17, 15) is 18.0 Å². The summed E-state index contributed by atoms with van der Waals surface area (Å²) in [5, 5.41) is 5.03. The largest absolute Gasteiger partial charge is 0.348 e. The van der Waals surface area contributed by atoms with Crippen molar-refractivity contribution in [3.63, 3.8) is 0 Å². The van der Waals surface area contributed by atoms with E-state index < -0.39 is 21.8 Å². The van der Waals surface area contributed by atoms with Crippen LogP contribution in [0.3, 0.4) is 0 Å². The Bertz CT molecular complexity index is 813. The summed E-state index contributed by atoms with van der Waals surface area (Å²) in [6.45, 7) is 8.48. The third-order valence-electron chi connectivity index (χ3n) is 5.05. The molecule has 1 atom stereocenters. The predicted molar refractivity (Wildman–Crippen MR) is 108 cm³/mol. The summed E-state index contributed by atoms with van der Waals surface area (Å²) < 4.78 is 28.4. The zero-order valence-corrected chi connectivity index (χ0v) is 18.0. The van der Waals surface area contributed by atoms with Crippen molar-refractivity contribution in [2.75, 3.05) is 19.6 Å². The Hall–Kier alpha value is -1.93. The lowest BCUT2D eigenvalue weighted by Gasteiger charge is -2.35. The second-order valence-electron chi connectivity index (χ2n) is 7.40. The molecule has 0 aliphatic carbocycles. The Kier molecular flexibility index (Phi) is 7.60. The Morgan fingerprint density at radius 1 is 1.07 bits per heavy atom. The Balaban J connectivity index is 2.14. The first-order valence-electron chi connectivity index (χ1n) is 9.84. The minimum Gasteiger partial charge on any atom is -0.348 e.